The molecule has 0 atom stereocenters. The molecule has 12 heavy (non-hydrogen) atoms. The molecule has 1 aromatic rings. The van der Waals surface area contributed by atoms with E-state index >= 15 is 0 Å². The standard InChI is InChI=1S/C7H5ClFNO2/c1-12-7(11)4-3-10-6(8)2-5(4)9/h2-3H,1H3. The van der Waals surface area contributed by atoms with E-state index in [-0.39, 0.29) is 10.7 Å². The van der Waals surface area contributed by atoms with Crippen LogP contribution in [0.25, 0.3) is 0 Å². The van der Waals surface area contributed by atoms with Crippen molar-refractivity contribution in [3.05, 3.63) is 28.8 Å². The summed E-state index contributed by atoms with van der Waals surface area (Å²) in [4.78, 5) is 14.3. The Balaban J connectivity index is 3.09. The molecule has 1 rings (SSSR count). The highest BCUT2D eigenvalue weighted by Gasteiger charge is 2.12. The Kier molecular flexibility index (Phi) is 2.60. The molecule has 0 aliphatic carbocycles. The predicted octanol–water partition coefficient (Wildman–Crippen LogP) is 1.66. The Labute approximate surface area is 73.1 Å². The number of methoxy groups -OCH3 is 1. The summed E-state index contributed by atoms with van der Waals surface area (Å²) in [7, 11) is 1.16. The Morgan fingerprint density at radius 2 is 2.42 bits per heavy atom. The normalized spacial score (nSPS) is 9.58. The number of esters is 1. The molecule has 5 heteroatoms. The van der Waals surface area contributed by atoms with Crippen LogP contribution in [0.2, 0.25) is 5.15 Å². The largest absolute Gasteiger partial charge is 0.465 e. The fourth-order valence-electron chi connectivity index (χ4n) is 0.668. The topological polar surface area (TPSA) is 39.2 Å². The van der Waals surface area contributed by atoms with E-state index in [1.165, 1.54) is 0 Å². The Bertz CT molecular complexity index is 316. The van der Waals surface area contributed by atoms with Gasteiger partial charge >= 0.3 is 5.97 Å². The Morgan fingerprint density at radius 1 is 1.75 bits per heavy atom. The molecule has 0 radical (unpaired) electrons. The summed E-state index contributed by atoms with van der Waals surface area (Å²) in [5.74, 6) is -1.50. The van der Waals surface area contributed by atoms with Crippen LogP contribution in [0.1, 0.15) is 10.4 Å². The molecule has 0 amide bonds. The number of hydrogen-bond donors (Lipinski definition) is 0. The minimum absolute atomic E-state index is 0.000142. The minimum Gasteiger partial charge on any atom is -0.465 e. The van der Waals surface area contributed by atoms with E-state index in [4.69, 9.17) is 11.6 Å². The maximum absolute atomic E-state index is 12.9. The van der Waals surface area contributed by atoms with Crippen LogP contribution in [0.3, 0.4) is 0 Å². The van der Waals surface area contributed by atoms with Gasteiger partial charge in [0, 0.05) is 12.3 Å². The van der Waals surface area contributed by atoms with Crippen LogP contribution in [0.4, 0.5) is 4.39 Å². The second-order valence-corrected chi connectivity index (χ2v) is 2.37. The van der Waals surface area contributed by atoms with Crippen molar-refractivity contribution in [1.82, 2.24) is 4.98 Å². The molecule has 0 unspecified atom stereocenters. The molecule has 0 spiro atoms. The maximum Gasteiger partial charge on any atom is 0.342 e. The molecule has 1 heterocycles. The zero-order valence-electron chi connectivity index (χ0n) is 6.17. The van der Waals surface area contributed by atoms with Gasteiger partial charge in [-0.2, -0.15) is 0 Å². The summed E-state index contributed by atoms with van der Waals surface area (Å²) in [6, 6.07) is 0.952. The highest BCUT2D eigenvalue weighted by Crippen LogP contribution is 2.11. The van der Waals surface area contributed by atoms with Gasteiger partial charge in [-0.3, -0.25) is 0 Å². The van der Waals surface area contributed by atoms with Gasteiger partial charge in [0.05, 0.1) is 7.11 Å². The molecule has 0 aromatic carbocycles. The van der Waals surface area contributed by atoms with Crippen LogP contribution in [0.15, 0.2) is 12.3 Å². The first-order valence-corrected chi connectivity index (χ1v) is 3.42. The molecule has 0 saturated carbocycles. The van der Waals surface area contributed by atoms with E-state index in [9.17, 15) is 9.18 Å². The molecule has 0 N–H and O–H groups in total. The highest BCUT2D eigenvalue weighted by molar-refractivity contribution is 6.29. The first-order valence-electron chi connectivity index (χ1n) is 3.04. The minimum atomic E-state index is -0.767. The fraction of sp³-hybridized carbons (Fsp3) is 0.143. The molecule has 64 valence electrons. The maximum atomic E-state index is 12.9. The first-order chi connectivity index (χ1) is 5.65. The number of aromatic nitrogens is 1. The van der Waals surface area contributed by atoms with Crippen molar-refractivity contribution in [2.45, 2.75) is 0 Å². The third-order valence-electron chi connectivity index (χ3n) is 1.23. The lowest BCUT2D eigenvalue weighted by Crippen LogP contribution is -2.04. The lowest BCUT2D eigenvalue weighted by molar-refractivity contribution is 0.0595. The zero-order chi connectivity index (χ0) is 9.14. The molecular formula is C7H5ClFNO2. The SMILES string of the molecule is COC(=O)c1cnc(Cl)cc1F. The number of hydrogen-bond acceptors (Lipinski definition) is 3. The van der Waals surface area contributed by atoms with Gasteiger partial charge in [0.2, 0.25) is 0 Å². The van der Waals surface area contributed by atoms with E-state index in [0.29, 0.717) is 0 Å². The van der Waals surface area contributed by atoms with Crippen molar-refractivity contribution < 1.29 is 13.9 Å². The average Bonchev–Trinajstić information content (AvgIpc) is 2.03. The predicted molar refractivity (Wildman–Crippen MR) is 40.5 cm³/mol. The third-order valence-corrected chi connectivity index (χ3v) is 1.43. The van der Waals surface area contributed by atoms with Crippen LogP contribution < -0.4 is 0 Å². The van der Waals surface area contributed by atoms with Gasteiger partial charge in [0.1, 0.15) is 16.5 Å². The monoisotopic (exact) mass is 189 g/mol. The molecule has 1 aromatic heterocycles. The van der Waals surface area contributed by atoms with Crippen molar-refractivity contribution in [3.8, 4) is 0 Å². The smallest absolute Gasteiger partial charge is 0.342 e. The van der Waals surface area contributed by atoms with Crippen LogP contribution in [0, 0.1) is 5.82 Å². The second kappa shape index (κ2) is 3.49. The molecule has 0 fully saturated rings. The van der Waals surface area contributed by atoms with Gasteiger partial charge in [-0.15, -0.1) is 0 Å². The number of carbonyl (C=O) groups is 1. The number of ether oxygens (including phenoxy) is 1. The fourth-order valence-corrected chi connectivity index (χ4v) is 0.812. The van der Waals surface area contributed by atoms with Crippen LogP contribution in [-0.4, -0.2) is 18.1 Å². The summed E-state index contributed by atoms with van der Waals surface area (Å²) >= 11 is 5.36. The summed E-state index contributed by atoms with van der Waals surface area (Å²) in [5.41, 5.74) is -0.220. The van der Waals surface area contributed by atoms with E-state index in [1.807, 2.05) is 0 Å². The quantitative estimate of drug-likeness (QED) is 0.498. The number of pyridine rings is 1. The summed E-state index contributed by atoms with van der Waals surface area (Å²) in [6.45, 7) is 0. The summed E-state index contributed by atoms with van der Waals surface area (Å²) < 4.78 is 17.2. The molecule has 0 bridgehead atoms. The Morgan fingerprint density at radius 3 is 2.92 bits per heavy atom. The van der Waals surface area contributed by atoms with Crippen molar-refractivity contribution >= 4 is 17.6 Å². The Hall–Kier alpha value is -1.16. The lowest BCUT2D eigenvalue weighted by atomic mass is 10.3. The van der Waals surface area contributed by atoms with Gasteiger partial charge in [-0.25, -0.2) is 14.2 Å². The summed E-state index contributed by atoms with van der Waals surface area (Å²) in [5, 5.41) is 0.000142. The molecule has 3 nitrogen and oxygen atoms in total. The molecule has 0 saturated heterocycles. The lowest BCUT2D eigenvalue weighted by Gasteiger charge is -1.99. The van der Waals surface area contributed by atoms with Gasteiger partial charge < -0.3 is 4.74 Å². The first kappa shape index (κ1) is 8.93. The van der Waals surface area contributed by atoms with E-state index < -0.39 is 11.8 Å². The van der Waals surface area contributed by atoms with E-state index in [2.05, 4.69) is 9.72 Å². The zero-order valence-corrected chi connectivity index (χ0v) is 6.93. The van der Waals surface area contributed by atoms with Crippen molar-refractivity contribution in [2.24, 2.45) is 0 Å². The molecule has 0 aliphatic rings. The van der Waals surface area contributed by atoms with Crippen molar-refractivity contribution in [3.63, 3.8) is 0 Å². The number of halogens is 2. The number of carbonyl (C=O) groups excluding carboxylic acids is 1. The van der Waals surface area contributed by atoms with Crippen molar-refractivity contribution in [1.29, 1.82) is 0 Å². The number of nitrogens with zero attached hydrogens (tertiary/aromatic N) is 1. The third kappa shape index (κ3) is 1.71. The van der Waals surface area contributed by atoms with Gasteiger partial charge in [-0.1, -0.05) is 11.6 Å². The summed E-state index contributed by atoms with van der Waals surface area (Å²) in [6.07, 6.45) is 1.03. The van der Waals surface area contributed by atoms with Crippen LogP contribution >= 0.6 is 11.6 Å². The van der Waals surface area contributed by atoms with Crippen LogP contribution in [-0.2, 0) is 4.74 Å². The van der Waals surface area contributed by atoms with E-state index in [0.717, 1.165) is 19.4 Å². The molecular weight excluding hydrogens is 185 g/mol. The van der Waals surface area contributed by atoms with Crippen molar-refractivity contribution in [2.75, 3.05) is 7.11 Å². The van der Waals surface area contributed by atoms with Crippen LogP contribution in [0.5, 0.6) is 0 Å². The second-order valence-electron chi connectivity index (χ2n) is 1.98. The van der Waals surface area contributed by atoms with Gasteiger partial charge in [0.15, 0.2) is 0 Å². The highest BCUT2D eigenvalue weighted by atomic mass is 35.5. The average molecular weight is 190 g/mol. The van der Waals surface area contributed by atoms with Gasteiger partial charge in [0.25, 0.3) is 0 Å². The van der Waals surface area contributed by atoms with E-state index in [1.54, 1.807) is 0 Å². The number of rotatable bonds is 1. The molecule has 0 aliphatic heterocycles. The van der Waals surface area contributed by atoms with Gasteiger partial charge in [-0.05, 0) is 0 Å².